The predicted molar refractivity (Wildman–Crippen MR) is 69.2 cm³/mol. The Morgan fingerprint density at radius 1 is 1.29 bits per heavy atom. The number of nitrogens with zero attached hydrogens (tertiary/aromatic N) is 3. The minimum absolute atomic E-state index is 0.677. The molecule has 0 aliphatic carbocycles. The molecule has 0 saturated heterocycles. The molecule has 0 aliphatic rings. The average Bonchev–Trinajstić information content (AvgIpc) is 2.39. The third-order valence-electron chi connectivity index (χ3n) is 2.46. The molecule has 2 aromatic heterocycles. The first-order valence-corrected chi connectivity index (χ1v) is 5.28. The molecule has 0 fully saturated rings. The van der Waals surface area contributed by atoms with E-state index in [1.807, 2.05) is 19.1 Å². The largest absolute Gasteiger partial charge is 0.265 e. The van der Waals surface area contributed by atoms with Crippen molar-refractivity contribution in [2.24, 2.45) is 0 Å². The van der Waals surface area contributed by atoms with Gasteiger partial charge in [-0.05, 0) is 30.2 Å². The Kier molecular flexibility index (Phi) is 3.10. The fraction of sp³-hybridized carbons (Fsp3) is 0.0714. The van der Waals surface area contributed by atoms with E-state index in [-0.39, 0.29) is 0 Å². The van der Waals surface area contributed by atoms with Gasteiger partial charge < -0.3 is 0 Å². The average molecular weight is 223 g/mol. The molecule has 3 heteroatoms. The number of hydrogen-bond donors (Lipinski definition) is 0. The maximum atomic E-state index is 4.50. The zero-order valence-corrected chi connectivity index (χ0v) is 9.72. The number of aryl methyl sites for hydroxylation is 1. The van der Waals surface area contributed by atoms with Gasteiger partial charge in [0.15, 0.2) is 5.82 Å². The van der Waals surface area contributed by atoms with Crippen molar-refractivity contribution in [3.8, 4) is 11.4 Å². The number of allylic oxidation sites excluding steroid dienone is 2. The molecule has 0 unspecified atom stereocenters. The molecule has 0 atom stereocenters. The van der Waals surface area contributed by atoms with Gasteiger partial charge in [-0.2, -0.15) is 0 Å². The number of hydrogen-bond acceptors (Lipinski definition) is 3. The molecule has 0 spiro atoms. The van der Waals surface area contributed by atoms with E-state index in [1.165, 1.54) is 0 Å². The highest BCUT2D eigenvalue weighted by atomic mass is 14.9. The highest BCUT2D eigenvalue weighted by Crippen LogP contribution is 2.19. The molecule has 0 aromatic carbocycles. The maximum absolute atomic E-state index is 4.50. The molecule has 84 valence electrons. The van der Waals surface area contributed by atoms with Gasteiger partial charge >= 0.3 is 0 Å². The summed E-state index contributed by atoms with van der Waals surface area (Å²) in [6.45, 7) is 9.59. The van der Waals surface area contributed by atoms with Crippen LogP contribution in [0.5, 0.6) is 0 Å². The predicted octanol–water partition coefficient (Wildman–Crippen LogP) is 3.05. The van der Waals surface area contributed by atoms with Crippen molar-refractivity contribution in [2.45, 2.75) is 6.92 Å². The van der Waals surface area contributed by atoms with E-state index in [2.05, 4.69) is 28.1 Å². The van der Waals surface area contributed by atoms with Gasteiger partial charge in [-0.15, -0.1) is 0 Å². The highest BCUT2D eigenvalue weighted by molar-refractivity contribution is 5.72. The molecule has 0 amide bonds. The van der Waals surface area contributed by atoms with E-state index in [0.717, 1.165) is 22.4 Å². The van der Waals surface area contributed by atoms with Crippen LogP contribution in [0.2, 0.25) is 0 Å². The summed E-state index contributed by atoms with van der Waals surface area (Å²) in [6.07, 6.45) is 6.94. The van der Waals surface area contributed by atoms with Crippen LogP contribution < -0.4 is 0 Å². The molecule has 0 saturated carbocycles. The van der Waals surface area contributed by atoms with E-state index in [9.17, 15) is 0 Å². The molecule has 0 aliphatic heterocycles. The van der Waals surface area contributed by atoms with Crippen molar-refractivity contribution in [2.75, 3.05) is 0 Å². The molecule has 2 aromatic rings. The highest BCUT2D eigenvalue weighted by Gasteiger charge is 2.06. The van der Waals surface area contributed by atoms with Crippen molar-refractivity contribution in [3.05, 3.63) is 61.2 Å². The summed E-state index contributed by atoms with van der Waals surface area (Å²) in [5.74, 6) is 0.677. The number of pyridine rings is 1. The molecule has 0 N–H and O–H groups in total. The Labute approximate surface area is 101 Å². The van der Waals surface area contributed by atoms with Gasteiger partial charge in [-0.1, -0.05) is 19.2 Å². The summed E-state index contributed by atoms with van der Waals surface area (Å²) in [5.41, 5.74) is 3.58. The summed E-state index contributed by atoms with van der Waals surface area (Å²) in [5, 5.41) is 0. The normalized spacial score (nSPS) is 9.94. The monoisotopic (exact) mass is 223 g/mol. The van der Waals surface area contributed by atoms with Gasteiger partial charge in [0.1, 0.15) is 0 Å². The second kappa shape index (κ2) is 4.70. The smallest absolute Gasteiger partial charge is 0.159 e. The van der Waals surface area contributed by atoms with Gasteiger partial charge in [0.05, 0.1) is 5.69 Å². The van der Waals surface area contributed by atoms with Gasteiger partial charge in [0.25, 0.3) is 0 Å². The van der Waals surface area contributed by atoms with Gasteiger partial charge in [0.2, 0.25) is 0 Å². The number of rotatable bonds is 3. The second-order valence-corrected chi connectivity index (χ2v) is 3.69. The third kappa shape index (κ3) is 2.28. The van der Waals surface area contributed by atoms with Crippen LogP contribution in [0, 0.1) is 6.92 Å². The Balaban J connectivity index is 2.52. The summed E-state index contributed by atoms with van der Waals surface area (Å²) in [7, 11) is 0. The van der Waals surface area contributed by atoms with Crippen LogP contribution in [-0.2, 0) is 0 Å². The van der Waals surface area contributed by atoms with E-state index >= 15 is 0 Å². The van der Waals surface area contributed by atoms with Crippen molar-refractivity contribution in [3.63, 3.8) is 0 Å². The minimum atomic E-state index is 0.677. The molecular formula is C14H13N3. The third-order valence-corrected chi connectivity index (χ3v) is 2.46. The fourth-order valence-corrected chi connectivity index (χ4v) is 1.50. The van der Waals surface area contributed by atoms with Gasteiger partial charge in [-0.25, -0.2) is 9.97 Å². The quantitative estimate of drug-likeness (QED) is 0.751. The van der Waals surface area contributed by atoms with Crippen LogP contribution in [0.25, 0.3) is 17.0 Å². The first-order valence-electron chi connectivity index (χ1n) is 5.28. The Morgan fingerprint density at radius 3 is 2.65 bits per heavy atom. The second-order valence-electron chi connectivity index (χ2n) is 3.69. The first-order chi connectivity index (χ1) is 8.22. The van der Waals surface area contributed by atoms with Crippen LogP contribution in [0.3, 0.4) is 0 Å². The number of aromatic nitrogens is 3. The standard InChI is InChI=1S/C14H13N3/c1-4-10(2)13-11(3)9-16-14(17-13)12-5-7-15-8-6-12/h4-9H,1-2H2,3H3. The van der Waals surface area contributed by atoms with Crippen molar-refractivity contribution < 1.29 is 0 Å². The zero-order chi connectivity index (χ0) is 12.3. The Hall–Kier alpha value is -2.29. The molecule has 2 heterocycles. The Bertz CT molecular complexity index is 559. The van der Waals surface area contributed by atoms with Crippen LogP contribution in [-0.4, -0.2) is 15.0 Å². The van der Waals surface area contributed by atoms with Crippen LogP contribution >= 0.6 is 0 Å². The molecule has 2 rings (SSSR count). The van der Waals surface area contributed by atoms with Crippen molar-refractivity contribution >= 4 is 5.57 Å². The molecule has 0 bridgehead atoms. The lowest BCUT2D eigenvalue weighted by Gasteiger charge is -2.06. The van der Waals surface area contributed by atoms with Gasteiger partial charge in [0, 0.05) is 24.2 Å². The lowest BCUT2D eigenvalue weighted by Crippen LogP contribution is -1.97. The summed E-state index contributed by atoms with van der Waals surface area (Å²) in [6, 6.07) is 3.76. The van der Waals surface area contributed by atoms with Crippen LogP contribution in [0.15, 0.2) is 50.0 Å². The maximum Gasteiger partial charge on any atom is 0.159 e. The summed E-state index contributed by atoms with van der Waals surface area (Å²) >= 11 is 0. The summed E-state index contributed by atoms with van der Waals surface area (Å²) < 4.78 is 0. The zero-order valence-electron chi connectivity index (χ0n) is 9.72. The molecule has 0 radical (unpaired) electrons. The van der Waals surface area contributed by atoms with Crippen LogP contribution in [0.1, 0.15) is 11.3 Å². The van der Waals surface area contributed by atoms with Crippen LogP contribution in [0.4, 0.5) is 0 Å². The van der Waals surface area contributed by atoms with E-state index in [1.54, 1.807) is 24.7 Å². The van der Waals surface area contributed by atoms with Crippen molar-refractivity contribution in [1.29, 1.82) is 0 Å². The SMILES string of the molecule is C=CC(=C)c1nc(-c2ccncc2)ncc1C. The van der Waals surface area contributed by atoms with E-state index in [0.29, 0.717) is 5.82 Å². The molecule has 17 heavy (non-hydrogen) atoms. The molecular weight excluding hydrogens is 210 g/mol. The lowest BCUT2D eigenvalue weighted by molar-refractivity contribution is 1.11. The van der Waals surface area contributed by atoms with E-state index < -0.39 is 0 Å². The molecule has 3 nitrogen and oxygen atoms in total. The lowest BCUT2D eigenvalue weighted by atomic mass is 10.1. The fourth-order valence-electron chi connectivity index (χ4n) is 1.50. The van der Waals surface area contributed by atoms with Gasteiger partial charge in [-0.3, -0.25) is 4.98 Å². The topological polar surface area (TPSA) is 38.7 Å². The van der Waals surface area contributed by atoms with Crippen molar-refractivity contribution in [1.82, 2.24) is 15.0 Å². The first kappa shape index (κ1) is 11.2. The minimum Gasteiger partial charge on any atom is -0.265 e. The van der Waals surface area contributed by atoms with E-state index in [4.69, 9.17) is 0 Å². The Morgan fingerprint density at radius 2 is 2.00 bits per heavy atom. The summed E-state index contributed by atoms with van der Waals surface area (Å²) in [4.78, 5) is 12.8.